The molecule has 1 atom stereocenters. The molecule has 4 amide bonds. The fourth-order valence-corrected chi connectivity index (χ4v) is 4.23. The number of nitrogens with one attached hydrogen (secondary N) is 1. The van der Waals surface area contributed by atoms with Crippen LogP contribution < -0.4 is 10.2 Å². The third kappa shape index (κ3) is 5.27. The number of imide groups is 1. The predicted octanol–water partition coefficient (Wildman–Crippen LogP) is 5.02. The number of hydrogen-bond donors (Lipinski definition) is 1. The summed E-state index contributed by atoms with van der Waals surface area (Å²) >= 11 is 0. The van der Waals surface area contributed by atoms with Crippen molar-refractivity contribution < 1.29 is 23.2 Å². The second-order valence-corrected chi connectivity index (χ2v) is 8.26. The van der Waals surface area contributed by atoms with E-state index in [2.05, 4.69) is 11.4 Å². The number of urea groups is 1. The van der Waals surface area contributed by atoms with Crippen LogP contribution in [0.4, 0.5) is 25.0 Å². The first-order valence-corrected chi connectivity index (χ1v) is 11.1. The molecular formula is C25H25F2N3O3. The molecule has 6 nitrogen and oxygen atoms in total. The van der Waals surface area contributed by atoms with Gasteiger partial charge in [0.2, 0.25) is 5.91 Å². The summed E-state index contributed by atoms with van der Waals surface area (Å²) in [7, 11) is 0. The van der Waals surface area contributed by atoms with Crippen molar-refractivity contribution in [3.05, 3.63) is 71.8 Å². The first-order chi connectivity index (χ1) is 15.9. The van der Waals surface area contributed by atoms with Crippen molar-refractivity contribution in [3.8, 4) is 0 Å². The van der Waals surface area contributed by atoms with Crippen molar-refractivity contribution in [2.75, 3.05) is 16.8 Å². The van der Waals surface area contributed by atoms with Gasteiger partial charge in [0.15, 0.2) is 0 Å². The van der Waals surface area contributed by atoms with Gasteiger partial charge in [0.25, 0.3) is 5.91 Å². The van der Waals surface area contributed by atoms with Crippen LogP contribution in [0.2, 0.25) is 0 Å². The third-order valence-electron chi connectivity index (χ3n) is 5.97. The number of allylic oxidation sites excluding steroid dienone is 1. The Balaban J connectivity index is 1.53. The van der Waals surface area contributed by atoms with Gasteiger partial charge in [-0.1, -0.05) is 11.6 Å². The van der Waals surface area contributed by atoms with E-state index in [1.807, 2.05) is 0 Å². The highest BCUT2D eigenvalue weighted by molar-refractivity contribution is 6.22. The molecule has 0 aromatic heterocycles. The Hall–Kier alpha value is -3.55. The molecule has 0 saturated carbocycles. The van der Waals surface area contributed by atoms with E-state index in [0.29, 0.717) is 18.7 Å². The minimum Gasteiger partial charge on any atom is -0.326 e. The Kier molecular flexibility index (Phi) is 6.82. The smallest absolute Gasteiger partial charge is 0.326 e. The maximum Gasteiger partial charge on any atom is 0.332 e. The zero-order valence-corrected chi connectivity index (χ0v) is 18.1. The minimum atomic E-state index is -0.979. The molecule has 4 rings (SSSR count). The summed E-state index contributed by atoms with van der Waals surface area (Å²) in [5, 5.41) is 2.64. The molecule has 1 saturated heterocycles. The van der Waals surface area contributed by atoms with Gasteiger partial charge in [-0.25, -0.2) is 18.5 Å². The standard InChI is InChI=1S/C25H25F2N3O3/c26-18-6-10-20(11-7-18)28-23(31)16-22-24(32)30(21-12-8-19(27)9-13-21)25(33)29(22)15-14-17-4-2-1-3-5-17/h4,6-13,22H,1-3,5,14-16H2,(H,28,31). The molecule has 1 aliphatic carbocycles. The summed E-state index contributed by atoms with van der Waals surface area (Å²) in [6.07, 6.45) is 6.80. The van der Waals surface area contributed by atoms with Gasteiger partial charge >= 0.3 is 6.03 Å². The van der Waals surface area contributed by atoms with E-state index in [-0.39, 0.29) is 12.1 Å². The Morgan fingerprint density at radius 1 is 0.970 bits per heavy atom. The van der Waals surface area contributed by atoms with E-state index in [9.17, 15) is 23.2 Å². The van der Waals surface area contributed by atoms with Crippen LogP contribution in [0.25, 0.3) is 0 Å². The number of halogens is 2. The molecule has 1 unspecified atom stereocenters. The summed E-state index contributed by atoms with van der Waals surface area (Å²) in [5.74, 6) is -1.90. The maximum absolute atomic E-state index is 13.4. The summed E-state index contributed by atoms with van der Waals surface area (Å²) in [4.78, 5) is 41.5. The van der Waals surface area contributed by atoms with E-state index in [1.165, 1.54) is 59.0 Å². The highest BCUT2D eigenvalue weighted by atomic mass is 19.1. The number of benzene rings is 2. The maximum atomic E-state index is 13.4. The van der Waals surface area contributed by atoms with Crippen LogP contribution in [-0.4, -0.2) is 35.3 Å². The molecule has 2 aliphatic rings. The monoisotopic (exact) mass is 453 g/mol. The van der Waals surface area contributed by atoms with Gasteiger partial charge in [-0.15, -0.1) is 0 Å². The largest absolute Gasteiger partial charge is 0.332 e. The molecule has 2 aromatic rings. The average Bonchev–Trinajstić information content (AvgIpc) is 3.04. The highest BCUT2D eigenvalue weighted by Crippen LogP contribution is 2.29. The van der Waals surface area contributed by atoms with Crippen LogP contribution in [-0.2, 0) is 9.59 Å². The lowest BCUT2D eigenvalue weighted by Gasteiger charge is -2.23. The van der Waals surface area contributed by atoms with E-state index in [4.69, 9.17) is 0 Å². The van der Waals surface area contributed by atoms with Crippen molar-refractivity contribution in [2.24, 2.45) is 0 Å². The summed E-state index contributed by atoms with van der Waals surface area (Å²) in [5.41, 5.74) is 1.90. The van der Waals surface area contributed by atoms with Crippen molar-refractivity contribution in [2.45, 2.75) is 44.6 Å². The topological polar surface area (TPSA) is 69.7 Å². The lowest BCUT2D eigenvalue weighted by atomic mass is 9.97. The van der Waals surface area contributed by atoms with Crippen LogP contribution in [0.15, 0.2) is 60.2 Å². The van der Waals surface area contributed by atoms with Gasteiger partial charge in [-0.3, -0.25) is 9.59 Å². The molecule has 1 heterocycles. The van der Waals surface area contributed by atoms with Crippen molar-refractivity contribution in [1.29, 1.82) is 0 Å². The summed E-state index contributed by atoms with van der Waals surface area (Å²) < 4.78 is 26.5. The number of anilines is 2. The van der Waals surface area contributed by atoms with Gasteiger partial charge in [0.1, 0.15) is 17.7 Å². The molecular weight excluding hydrogens is 428 g/mol. The lowest BCUT2D eigenvalue weighted by Crippen LogP contribution is -2.38. The molecule has 0 bridgehead atoms. The summed E-state index contributed by atoms with van der Waals surface area (Å²) in [6, 6.07) is 8.89. The highest BCUT2D eigenvalue weighted by Gasteiger charge is 2.46. The van der Waals surface area contributed by atoms with Gasteiger partial charge in [0, 0.05) is 12.2 Å². The quantitative estimate of drug-likeness (QED) is 0.473. The van der Waals surface area contributed by atoms with Crippen molar-refractivity contribution >= 4 is 29.2 Å². The second-order valence-electron chi connectivity index (χ2n) is 8.26. The molecule has 33 heavy (non-hydrogen) atoms. The van der Waals surface area contributed by atoms with E-state index >= 15 is 0 Å². The van der Waals surface area contributed by atoms with Crippen LogP contribution in [0.1, 0.15) is 38.5 Å². The third-order valence-corrected chi connectivity index (χ3v) is 5.97. The van der Waals surface area contributed by atoms with Crippen LogP contribution in [0.3, 0.4) is 0 Å². The Morgan fingerprint density at radius 3 is 2.27 bits per heavy atom. The van der Waals surface area contributed by atoms with E-state index in [0.717, 1.165) is 30.6 Å². The fraction of sp³-hybridized carbons (Fsp3) is 0.320. The van der Waals surface area contributed by atoms with E-state index in [1.54, 1.807) is 0 Å². The van der Waals surface area contributed by atoms with E-state index < -0.39 is 35.5 Å². The average molecular weight is 453 g/mol. The van der Waals surface area contributed by atoms with Gasteiger partial charge < -0.3 is 10.2 Å². The zero-order valence-electron chi connectivity index (χ0n) is 18.1. The number of nitrogens with zero attached hydrogens (tertiary/aromatic N) is 2. The molecule has 2 aromatic carbocycles. The van der Waals surface area contributed by atoms with Crippen molar-refractivity contribution in [3.63, 3.8) is 0 Å². The van der Waals surface area contributed by atoms with Gasteiger partial charge in [-0.05, 0) is 80.6 Å². The van der Waals surface area contributed by atoms with Gasteiger partial charge in [-0.2, -0.15) is 0 Å². The molecule has 0 spiro atoms. The van der Waals surface area contributed by atoms with Crippen LogP contribution >= 0.6 is 0 Å². The molecule has 8 heteroatoms. The fourth-order valence-electron chi connectivity index (χ4n) is 4.23. The Labute approximate surface area is 190 Å². The molecule has 0 radical (unpaired) electrons. The SMILES string of the molecule is O=C(CC1C(=O)N(c2ccc(F)cc2)C(=O)N1CCC1=CCCCC1)Nc1ccc(F)cc1. The van der Waals surface area contributed by atoms with Crippen molar-refractivity contribution in [1.82, 2.24) is 4.90 Å². The molecule has 1 fully saturated rings. The van der Waals surface area contributed by atoms with Crippen LogP contribution in [0.5, 0.6) is 0 Å². The Bertz CT molecular complexity index is 1070. The number of hydrogen-bond acceptors (Lipinski definition) is 3. The Morgan fingerprint density at radius 2 is 1.64 bits per heavy atom. The summed E-state index contributed by atoms with van der Waals surface area (Å²) in [6.45, 7) is 0.308. The lowest BCUT2D eigenvalue weighted by molar-refractivity contribution is -0.124. The number of amides is 4. The van der Waals surface area contributed by atoms with Crippen LogP contribution in [0, 0.1) is 11.6 Å². The number of rotatable bonds is 7. The minimum absolute atomic E-state index is 0.237. The number of carbonyl (C=O) groups excluding carboxylic acids is 3. The molecule has 172 valence electrons. The van der Waals surface area contributed by atoms with Gasteiger partial charge in [0.05, 0.1) is 12.1 Å². The normalized spacial score (nSPS) is 18.5. The first kappa shape index (κ1) is 22.6. The second kappa shape index (κ2) is 9.94. The number of carbonyl (C=O) groups is 3. The molecule has 1 N–H and O–H groups in total. The zero-order chi connectivity index (χ0) is 23.4. The predicted molar refractivity (Wildman–Crippen MR) is 121 cm³/mol. The first-order valence-electron chi connectivity index (χ1n) is 11.1. The molecule has 1 aliphatic heterocycles.